The number of amides is 2. The summed E-state index contributed by atoms with van der Waals surface area (Å²) in [5, 5.41) is 0. The van der Waals surface area contributed by atoms with E-state index in [0.29, 0.717) is 24.0 Å². The van der Waals surface area contributed by atoms with Gasteiger partial charge < -0.3 is 0 Å². The Morgan fingerprint density at radius 3 is 1.93 bits per heavy atom. The predicted molar refractivity (Wildman–Crippen MR) is 52.4 cm³/mol. The van der Waals surface area contributed by atoms with Crippen molar-refractivity contribution >= 4 is 17.9 Å². The van der Waals surface area contributed by atoms with Crippen LogP contribution in [-0.4, -0.2) is 29.5 Å². The van der Waals surface area contributed by atoms with Crippen molar-refractivity contribution in [3.05, 3.63) is 11.1 Å². The summed E-state index contributed by atoms with van der Waals surface area (Å²) < 4.78 is 0. The molecule has 5 nitrogen and oxygen atoms in total. The third-order valence-electron chi connectivity index (χ3n) is 2.35. The topological polar surface area (TPSA) is 66.8 Å². The fourth-order valence-electron chi connectivity index (χ4n) is 1.63. The van der Waals surface area contributed by atoms with Gasteiger partial charge in [-0.1, -0.05) is 13.8 Å². The summed E-state index contributed by atoms with van der Waals surface area (Å²) in [6.07, 6.45) is 2.36. The van der Waals surface area contributed by atoms with Gasteiger partial charge in [0.25, 0.3) is 11.8 Å². The number of carbonyl (C=O) groups is 2. The average molecular weight is 208 g/mol. The maximum atomic E-state index is 11.7. The van der Waals surface area contributed by atoms with Gasteiger partial charge in [-0.2, -0.15) is 4.99 Å². The molecule has 0 N–H and O–H groups in total. The van der Waals surface area contributed by atoms with Crippen LogP contribution >= 0.6 is 0 Å². The van der Waals surface area contributed by atoms with E-state index in [9.17, 15) is 14.4 Å². The Bertz CT molecular complexity index is 352. The Kier molecular flexibility index (Phi) is 3.52. The number of hydrogen-bond donors (Lipinski definition) is 0. The smallest absolute Gasteiger partial charge is 0.258 e. The second-order valence-corrected chi connectivity index (χ2v) is 3.09. The van der Waals surface area contributed by atoms with Crippen molar-refractivity contribution < 1.29 is 14.4 Å². The van der Waals surface area contributed by atoms with Crippen LogP contribution in [0.1, 0.15) is 26.7 Å². The molecule has 2 amide bonds. The van der Waals surface area contributed by atoms with Gasteiger partial charge in [-0.25, -0.2) is 4.79 Å². The molecule has 0 aliphatic carbocycles. The first-order chi connectivity index (χ1) is 7.17. The molecule has 1 aliphatic heterocycles. The van der Waals surface area contributed by atoms with Crippen molar-refractivity contribution in [2.45, 2.75) is 26.7 Å². The zero-order valence-electron chi connectivity index (χ0n) is 8.74. The van der Waals surface area contributed by atoms with Gasteiger partial charge in [0.15, 0.2) is 0 Å². The number of nitrogens with zero attached hydrogens (tertiary/aromatic N) is 2. The molecule has 0 fully saturated rings. The summed E-state index contributed by atoms with van der Waals surface area (Å²) in [5.74, 6) is -0.670. The van der Waals surface area contributed by atoms with Gasteiger partial charge in [0.05, 0.1) is 0 Å². The van der Waals surface area contributed by atoms with Crippen molar-refractivity contribution in [1.82, 2.24) is 4.90 Å². The maximum Gasteiger partial charge on any atom is 0.258 e. The number of rotatable bonds is 4. The highest BCUT2D eigenvalue weighted by atomic mass is 16.2. The molecule has 0 aromatic heterocycles. The molecular formula is C10H12N2O3. The monoisotopic (exact) mass is 208 g/mol. The van der Waals surface area contributed by atoms with E-state index in [1.165, 1.54) is 6.08 Å². The molecule has 0 atom stereocenters. The molecule has 0 spiro atoms. The molecule has 80 valence electrons. The van der Waals surface area contributed by atoms with Crippen molar-refractivity contribution in [2.75, 3.05) is 6.67 Å². The van der Waals surface area contributed by atoms with E-state index in [0.717, 1.165) is 4.90 Å². The lowest BCUT2D eigenvalue weighted by atomic mass is 10.1. The predicted octanol–water partition coefficient (Wildman–Crippen LogP) is 0.765. The van der Waals surface area contributed by atoms with Crippen molar-refractivity contribution in [3.8, 4) is 0 Å². The second kappa shape index (κ2) is 4.66. The zero-order chi connectivity index (χ0) is 11.4. The Morgan fingerprint density at radius 2 is 1.60 bits per heavy atom. The lowest BCUT2D eigenvalue weighted by Crippen LogP contribution is -2.31. The first kappa shape index (κ1) is 11.3. The quantitative estimate of drug-likeness (QED) is 0.389. The van der Waals surface area contributed by atoms with E-state index >= 15 is 0 Å². The number of aliphatic imine (C=N–C) groups is 1. The van der Waals surface area contributed by atoms with Crippen molar-refractivity contribution in [2.24, 2.45) is 4.99 Å². The third kappa shape index (κ3) is 1.87. The normalized spacial score (nSPS) is 16.0. The lowest BCUT2D eigenvalue weighted by Gasteiger charge is -2.10. The summed E-state index contributed by atoms with van der Waals surface area (Å²) in [6, 6.07) is 0. The van der Waals surface area contributed by atoms with E-state index in [1.54, 1.807) is 0 Å². The first-order valence-corrected chi connectivity index (χ1v) is 4.79. The Hall–Kier alpha value is -1.74. The van der Waals surface area contributed by atoms with Gasteiger partial charge in [0.1, 0.15) is 6.67 Å². The molecule has 1 rings (SSSR count). The molecule has 0 aromatic carbocycles. The number of isocyanates is 1. The van der Waals surface area contributed by atoms with Crippen LogP contribution in [0.3, 0.4) is 0 Å². The molecule has 15 heavy (non-hydrogen) atoms. The van der Waals surface area contributed by atoms with Crippen LogP contribution in [0, 0.1) is 0 Å². The number of imide groups is 1. The minimum absolute atomic E-state index is 0.228. The summed E-state index contributed by atoms with van der Waals surface area (Å²) in [6.45, 7) is 3.42. The molecule has 0 saturated carbocycles. The van der Waals surface area contributed by atoms with Crippen molar-refractivity contribution in [1.29, 1.82) is 0 Å². The van der Waals surface area contributed by atoms with Gasteiger partial charge in [0, 0.05) is 11.1 Å². The fraction of sp³-hybridized carbons (Fsp3) is 0.500. The van der Waals surface area contributed by atoms with E-state index < -0.39 is 0 Å². The first-order valence-electron chi connectivity index (χ1n) is 4.79. The summed E-state index contributed by atoms with van der Waals surface area (Å²) >= 11 is 0. The second-order valence-electron chi connectivity index (χ2n) is 3.09. The van der Waals surface area contributed by atoms with Gasteiger partial charge in [-0.05, 0) is 12.8 Å². The number of hydrogen-bond acceptors (Lipinski definition) is 4. The van der Waals surface area contributed by atoms with Gasteiger partial charge in [-0.15, -0.1) is 0 Å². The maximum absolute atomic E-state index is 11.7. The van der Waals surface area contributed by atoms with E-state index in [2.05, 4.69) is 4.99 Å². The van der Waals surface area contributed by atoms with Crippen LogP contribution in [0.25, 0.3) is 0 Å². The van der Waals surface area contributed by atoms with Gasteiger partial charge in [-0.3, -0.25) is 14.5 Å². The van der Waals surface area contributed by atoms with Crippen LogP contribution in [-0.2, 0) is 14.4 Å². The molecule has 0 bridgehead atoms. The third-order valence-corrected chi connectivity index (χ3v) is 2.35. The number of carbonyl (C=O) groups excluding carboxylic acids is 3. The Labute approximate surface area is 87.5 Å². The van der Waals surface area contributed by atoms with Crippen LogP contribution in [0.4, 0.5) is 0 Å². The van der Waals surface area contributed by atoms with Crippen LogP contribution < -0.4 is 0 Å². The molecule has 1 aliphatic rings. The fourth-order valence-corrected chi connectivity index (χ4v) is 1.63. The summed E-state index contributed by atoms with van der Waals surface area (Å²) in [5.41, 5.74) is 1.06. The summed E-state index contributed by atoms with van der Waals surface area (Å²) in [7, 11) is 0. The molecule has 5 heteroatoms. The average Bonchev–Trinajstić information content (AvgIpc) is 2.47. The largest absolute Gasteiger partial charge is 0.269 e. The Balaban J connectivity index is 2.99. The van der Waals surface area contributed by atoms with E-state index in [1.807, 2.05) is 13.8 Å². The van der Waals surface area contributed by atoms with E-state index in [-0.39, 0.29) is 18.5 Å². The standard InChI is InChI=1S/C10H12N2O3/c1-3-7-8(4-2)10(15)12(9(7)14)5-11-6-13/h3-5H2,1-2H3. The molecule has 1 heterocycles. The molecule has 0 unspecified atom stereocenters. The lowest BCUT2D eigenvalue weighted by molar-refractivity contribution is -0.137. The van der Waals surface area contributed by atoms with Crippen molar-refractivity contribution in [3.63, 3.8) is 0 Å². The van der Waals surface area contributed by atoms with Crippen LogP contribution in [0.2, 0.25) is 0 Å². The summed E-state index contributed by atoms with van der Waals surface area (Å²) in [4.78, 5) is 37.5. The molecular weight excluding hydrogens is 196 g/mol. The minimum atomic E-state index is -0.335. The van der Waals surface area contributed by atoms with Crippen LogP contribution in [0.15, 0.2) is 16.1 Å². The highest BCUT2D eigenvalue weighted by Crippen LogP contribution is 2.24. The van der Waals surface area contributed by atoms with Crippen LogP contribution in [0.5, 0.6) is 0 Å². The van der Waals surface area contributed by atoms with Gasteiger partial charge in [0.2, 0.25) is 6.08 Å². The van der Waals surface area contributed by atoms with Gasteiger partial charge >= 0.3 is 0 Å². The Morgan fingerprint density at radius 1 is 1.13 bits per heavy atom. The highest BCUT2D eigenvalue weighted by Gasteiger charge is 2.35. The molecule has 0 aromatic rings. The molecule has 0 saturated heterocycles. The SMILES string of the molecule is CCC1=C(CC)C(=O)N(CN=C=O)C1=O. The van der Waals surface area contributed by atoms with E-state index in [4.69, 9.17) is 0 Å². The minimum Gasteiger partial charge on any atom is -0.269 e. The highest BCUT2D eigenvalue weighted by molar-refractivity contribution is 6.19. The zero-order valence-corrected chi connectivity index (χ0v) is 8.74. The molecule has 0 radical (unpaired) electrons.